The Balaban J connectivity index is 1.54. The Bertz CT molecular complexity index is 835. The van der Waals surface area contributed by atoms with Crippen LogP contribution in [0, 0.1) is 5.92 Å². The van der Waals surface area contributed by atoms with Gasteiger partial charge in [-0.2, -0.15) is 0 Å². The lowest BCUT2D eigenvalue weighted by Crippen LogP contribution is -2.38. The zero-order valence-corrected chi connectivity index (χ0v) is 16.2. The fourth-order valence-corrected chi connectivity index (χ4v) is 3.97. The van der Waals surface area contributed by atoms with Crippen LogP contribution in [0.2, 0.25) is 0 Å². The molecule has 1 aromatic carbocycles. The van der Waals surface area contributed by atoms with Gasteiger partial charge in [0, 0.05) is 17.0 Å². The Morgan fingerprint density at radius 3 is 2.54 bits per heavy atom. The van der Waals surface area contributed by atoms with Gasteiger partial charge in [0.15, 0.2) is 6.61 Å². The highest BCUT2D eigenvalue weighted by atomic mass is 32.2. The summed E-state index contributed by atoms with van der Waals surface area (Å²) in [7, 11) is 0. The van der Waals surface area contributed by atoms with Crippen molar-refractivity contribution in [3.05, 3.63) is 54.2 Å². The average Bonchev–Trinajstić information content (AvgIpc) is 2.74. The molecule has 0 saturated heterocycles. The number of hydrogen-bond acceptors (Lipinski definition) is 6. The SMILES string of the molecule is O=C(COC(=O)c1cccnc1Sc1ccccc1)NC(=O)C1CCCCC1. The molecule has 2 aromatic rings. The standard InChI is InChI=1S/C21H22N2O4S/c24-18(23-19(25)15-8-3-1-4-9-15)14-27-21(26)17-12-7-13-22-20(17)28-16-10-5-2-6-11-16/h2,5-7,10-13,15H,1,3-4,8-9,14H2,(H,23,24,25). The van der Waals surface area contributed by atoms with Crippen LogP contribution in [-0.4, -0.2) is 29.4 Å². The summed E-state index contributed by atoms with van der Waals surface area (Å²) >= 11 is 1.34. The first kappa shape index (κ1) is 20.1. The maximum Gasteiger partial charge on any atom is 0.341 e. The summed E-state index contributed by atoms with van der Waals surface area (Å²) in [6.45, 7) is -0.498. The molecule has 0 unspecified atom stereocenters. The molecular formula is C21H22N2O4S. The Morgan fingerprint density at radius 1 is 1.04 bits per heavy atom. The van der Waals surface area contributed by atoms with Gasteiger partial charge in [0.1, 0.15) is 5.03 Å². The van der Waals surface area contributed by atoms with Gasteiger partial charge in [-0.05, 0) is 37.1 Å². The highest BCUT2D eigenvalue weighted by molar-refractivity contribution is 7.99. The zero-order valence-electron chi connectivity index (χ0n) is 15.4. The minimum absolute atomic E-state index is 0.124. The third kappa shape index (κ3) is 5.66. The van der Waals surface area contributed by atoms with Gasteiger partial charge < -0.3 is 4.74 Å². The second kappa shape index (κ2) is 10.0. The highest BCUT2D eigenvalue weighted by Gasteiger charge is 2.23. The lowest BCUT2D eigenvalue weighted by atomic mass is 9.89. The number of carbonyl (C=O) groups is 3. The van der Waals surface area contributed by atoms with Crippen molar-refractivity contribution in [3.63, 3.8) is 0 Å². The van der Waals surface area contributed by atoms with E-state index in [1.165, 1.54) is 11.8 Å². The molecule has 1 aliphatic carbocycles. The van der Waals surface area contributed by atoms with Crippen LogP contribution in [0.25, 0.3) is 0 Å². The third-order valence-corrected chi connectivity index (χ3v) is 5.55. The summed E-state index contributed by atoms with van der Waals surface area (Å²) in [5.41, 5.74) is 0.280. The molecule has 1 aromatic heterocycles. The Hall–Kier alpha value is -2.67. The lowest BCUT2D eigenvalue weighted by Gasteiger charge is -2.20. The maximum atomic E-state index is 12.4. The van der Waals surface area contributed by atoms with Crippen molar-refractivity contribution in [1.82, 2.24) is 10.3 Å². The van der Waals surface area contributed by atoms with Crippen LogP contribution >= 0.6 is 11.8 Å². The second-order valence-corrected chi connectivity index (χ2v) is 7.66. The van der Waals surface area contributed by atoms with Crippen molar-refractivity contribution in [3.8, 4) is 0 Å². The third-order valence-electron chi connectivity index (χ3n) is 4.52. The molecule has 0 spiro atoms. The molecule has 1 N–H and O–H groups in total. The largest absolute Gasteiger partial charge is 0.452 e. The van der Waals surface area contributed by atoms with E-state index in [9.17, 15) is 14.4 Å². The number of amides is 2. The summed E-state index contributed by atoms with van der Waals surface area (Å²) in [4.78, 5) is 41.7. The van der Waals surface area contributed by atoms with E-state index < -0.39 is 18.5 Å². The minimum atomic E-state index is -0.646. The van der Waals surface area contributed by atoms with Crippen LogP contribution in [0.3, 0.4) is 0 Å². The molecule has 3 rings (SSSR count). The number of aromatic nitrogens is 1. The van der Waals surface area contributed by atoms with E-state index in [-0.39, 0.29) is 17.4 Å². The smallest absolute Gasteiger partial charge is 0.341 e. The normalized spacial score (nSPS) is 14.3. The summed E-state index contributed by atoms with van der Waals surface area (Å²) in [6, 6.07) is 12.8. The van der Waals surface area contributed by atoms with Gasteiger partial charge in [-0.3, -0.25) is 14.9 Å². The average molecular weight is 398 g/mol. The fraction of sp³-hybridized carbons (Fsp3) is 0.333. The molecule has 6 nitrogen and oxygen atoms in total. The van der Waals surface area contributed by atoms with Crippen molar-refractivity contribution in [1.29, 1.82) is 0 Å². The Kier molecular flexibility index (Phi) is 7.19. The lowest BCUT2D eigenvalue weighted by molar-refractivity contribution is -0.135. The van der Waals surface area contributed by atoms with Gasteiger partial charge in [-0.1, -0.05) is 49.2 Å². The van der Waals surface area contributed by atoms with Crippen LogP contribution in [0.4, 0.5) is 0 Å². The molecule has 0 bridgehead atoms. The highest BCUT2D eigenvalue weighted by Crippen LogP contribution is 2.28. The molecular weight excluding hydrogens is 376 g/mol. The molecule has 0 atom stereocenters. The van der Waals surface area contributed by atoms with Crippen molar-refractivity contribution < 1.29 is 19.1 Å². The van der Waals surface area contributed by atoms with Crippen LogP contribution < -0.4 is 5.32 Å². The predicted molar refractivity (Wildman–Crippen MR) is 105 cm³/mol. The van der Waals surface area contributed by atoms with E-state index in [0.717, 1.165) is 37.0 Å². The number of imide groups is 1. The van der Waals surface area contributed by atoms with Crippen molar-refractivity contribution >= 4 is 29.5 Å². The quantitative estimate of drug-likeness (QED) is 0.748. The molecule has 1 heterocycles. The van der Waals surface area contributed by atoms with Gasteiger partial charge in [-0.25, -0.2) is 9.78 Å². The van der Waals surface area contributed by atoms with Crippen LogP contribution in [0.1, 0.15) is 42.5 Å². The predicted octanol–water partition coefficient (Wildman–Crippen LogP) is 3.61. The number of carbonyl (C=O) groups excluding carboxylic acids is 3. The zero-order chi connectivity index (χ0) is 19.8. The number of nitrogens with one attached hydrogen (secondary N) is 1. The molecule has 1 fully saturated rings. The number of benzene rings is 1. The molecule has 7 heteroatoms. The van der Waals surface area contributed by atoms with Gasteiger partial charge >= 0.3 is 5.97 Å². The Morgan fingerprint density at radius 2 is 1.79 bits per heavy atom. The van der Waals surface area contributed by atoms with Gasteiger partial charge in [0.05, 0.1) is 5.56 Å². The van der Waals surface area contributed by atoms with Crippen LogP contribution in [0.15, 0.2) is 58.6 Å². The van der Waals surface area contributed by atoms with Gasteiger partial charge in [0.2, 0.25) is 5.91 Å². The maximum absolute atomic E-state index is 12.4. The molecule has 1 saturated carbocycles. The summed E-state index contributed by atoms with van der Waals surface area (Å²) in [5.74, 6) is -1.65. The van der Waals surface area contributed by atoms with E-state index in [1.54, 1.807) is 18.3 Å². The van der Waals surface area contributed by atoms with Gasteiger partial charge in [-0.15, -0.1) is 0 Å². The summed E-state index contributed by atoms with van der Waals surface area (Å²) in [5, 5.41) is 2.83. The van der Waals surface area contributed by atoms with Crippen molar-refractivity contribution in [2.75, 3.05) is 6.61 Å². The molecule has 2 amide bonds. The first-order valence-corrected chi connectivity index (χ1v) is 10.1. The van der Waals surface area contributed by atoms with Gasteiger partial charge in [0.25, 0.3) is 5.91 Å². The Labute approximate surface area is 168 Å². The number of nitrogens with zero attached hydrogens (tertiary/aromatic N) is 1. The fourth-order valence-electron chi connectivity index (χ4n) is 3.08. The van der Waals surface area contributed by atoms with E-state index in [4.69, 9.17) is 4.74 Å². The van der Waals surface area contributed by atoms with E-state index in [0.29, 0.717) is 5.03 Å². The molecule has 28 heavy (non-hydrogen) atoms. The molecule has 0 aliphatic heterocycles. The van der Waals surface area contributed by atoms with Crippen LogP contribution in [0.5, 0.6) is 0 Å². The minimum Gasteiger partial charge on any atom is -0.452 e. The number of esters is 1. The van der Waals surface area contributed by atoms with E-state index >= 15 is 0 Å². The van der Waals surface area contributed by atoms with Crippen molar-refractivity contribution in [2.45, 2.75) is 42.0 Å². The molecule has 0 radical (unpaired) electrons. The number of rotatable bonds is 6. The summed E-state index contributed by atoms with van der Waals surface area (Å²) < 4.78 is 5.10. The van der Waals surface area contributed by atoms with Crippen LogP contribution in [-0.2, 0) is 14.3 Å². The first-order valence-electron chi connectivity index (χ1n) is 9.32. The van der Waals surface area contributed by atoms with E-state index in [2.05, 4.69) is 10.3 Å². The molecule has 146 valence electrons. The number of ether oxygens (including phenoxy) is 1. The molecule has 1 aliphatic rings. The van der Waals surface area contributed by atoms with Crippen molar-refractivity contribution in [2.24, 2.45) is 5.92 Å². The number of hydrogen-bond donors (Lipinski definition) is 1. The number of pyridine rings is 1. The first-order chi connectivity index (χ1) is 13.6. The summed E-state index contributed by atoms with van der Waals surface area (Å²) in [6.07, 6.45) is 6.33. The topological polar surface area (TPSA) is 85.4 Å². The second-order valence-electron chi connectivity index (χ2n) is 6.59. The van der Waals surface area contributed by atoms with E-state index in [1.807, 2.05) is 30.3 Å². The monoisotopic (exact) mass is 398 g/mol.